The second-order valence-corrected chi connectivity index (χ2v) is 5.16. The minimum absolute atomic E-state index is 0.221. The molecule has 0 amide bonds. The first-order valence-corrected chi connectivity index (χ1v) is 6.98. The summed E-state index contributed by atoms with van der Waals surface area (Å²) in [5.41, 5.74) is 3.54. The van der Waals surface area contributed by atoms with E-state index in [0.29, 0.717) is 0 Å². The van der Waals surface area contributed by atoms with Crippen molar-refractivity contribution in [3.05, 3.63) is 52.3 Å². The predicted molar refractivity (Wildman–Crippen MR) is 79.3 cm³/mol. The third-order valence-corrected chi connectivity index (χ3v) is 3.64. The van der Waals surface area contributed by atoms with Gasteiger partial charge in [-0.05, 0) is 25.0 Å². The van der Waals surface area contributed by atoms with Crippen LogP contribution in [-0.2, 0) is 20.0 Å². The Balaban J connectivity index is 2.04. The van der Waals surface area contributed by atoms with Gasteiger partial charge in [-0.15, -0.1) is 0 Å². The SMILES string of the molecule is CCc1nn(C)cc1CN[C@H](C)c1ccccc1Cl. The first-order valence-electron chi connectivity index (χ1n) is 6.61. The third kappa shape index (κ3) is 3.37. The molecule has 0 spiro atoms. The van der Waals surface area contributed by atoms with E-state index in [2.05, 4.69) is 36.5 Å². The highest BCUT2D eigenvalue weighted by molar-refractivity contribution is 6.31. The lowest BCUT2D eigenvalue weighted by atomic mass is 10.1. The molecule has 3 nitrogen and oxygen atoms in total. The molecule has 0 aliphatic carbocycles. The molecular weight excluding hydrogens is 258 g/mol. The molecule has 2 aromatic rings. The van der Waals surface area contributed by atoms with Crippen molar-refractivity contribution in [1.29, 1.82) is 0 Å². The molecule has 0 aliphatic rings. The van der Waals surface area contributed by atoms with Crippen molar-refractivity contribution >= 4 is 11.6 Å². The van der Waals surface area contributed by atoms with Crippen molar-refractivity contribution in [2.45, 2.75) is 32.9 Å². The summed E-state index contributed by atoms with van der Waals surface area (Å²) in [4.78, 5) is 0. The van der Waals surface area contributed by atoms with Gasteiger partial charge in [-0.3, -0.25) is 4.68 Å². The van der Waals surface area contributed by atoms with E-state index in [1.807, 2.05) is 29.9 Å². The van der Waals surface area contributed by atoms with Gasteiger partial charge in [-0.2, -0.15) is 5.10 Å². The fourth-order valence-corrected chi connectivity index (χ4v) is 2.53. The first kappa shape index (κ1) is 14.1. The van der Waals surface area contributed by atoms with Crippen molar-refractivity contribution in [1.82, 2.24) is 15.1 Å². The second-order valence-electron chi connectivity index (χ2n) is 4.75. The van der Waals surface area contributed by atoms with Crippen LogP contribution in [0.5, 0.6) is 0 Å². The van der Waals surface area contributed by atoms with Crippen LogP contribution in [0.25, 0.3) is 0 Å². The monoisotopic (exact) mass is 277 g/mol. The van der Waals surface area contributed by atoms with Gasteiger partial charge in [0.05, 0.1) is 5.69 Å². The molecule has 1 N–H and O–H groups in total. The lowest BCUT2D eigenvalue weighted by Crippen LogP contribution is -2.18. The largest absolute Gasteiger partial charge is 0.306 e. The Morgan fingerprint density at radius 1 is 1.37 bits per heavy atom. The Hall–Kier alpha value is -1.32. The maximum absolute atomic E-state index is 6.21. The van der Waals surface area contributed by atoms with E-state index in [1.54, 1.807) is 0 Å². The molecule has 1 heterocycles. The maximum Gasteiger partial charge on any atom is 0.0666 e. The molecular formula is C15H20ClN3. The van der Waals surface area contributed by atoms with Crippen molar-refractivity contribution in [3.8, 4) is 0 Å². The Kier molecular flexibility index (Phi) is 4.61. The highest BCUT2D eigenvalue weighted by atomic mass is 35.5. The fraction of sp³-hybridized carbons (Fsp3) is 0.400. The number of benzene rings is 1. The van der Waals surface area contributed by atoms with Gasteiger partial charge in [-0.1, -0.05) is 36.7 Å². The molecule has 2 rings (SSSR count). The fourth-order valence-electron chi connectivity index (χ4n) is 2.23. The maximum atomic E-state index is 6.21. The van der Waals surface area contributed by atoms with Gasteiger partial charge in [0.2, 0.25) is 0 Å². The quantitative estimate of drug-likeness (QED) is 0.907. The number of hydrogen-bond donors (Lipinski definition) is 1. The molecule has 0 unspecified atom stereocenters. The first-order chi connectivity index (χ1) is 9.11. The average molecular weight is 278 g/mol. The highest BCUT2D eigenvalue weighted by Gasteiger charge is 2.11. The van der Waals surface area contributed by atoms with Crippen molar-refractivity contribution < 1.29 is 0 Å². The van der Waals surface area contributed by atoms with E-state index in [4.69, 9.17) is 11.6 Å². The number of halogens is 1. The van der Waals surface area contributed by atoms with E-state index >= 15 is 0 Å². The lowest BCUT2D eigenvalue weighted by molar-refractivity contribution is 0.572. The topological polar surface area (TPSA) is 29.9 Å². The number of aromatic nitrogens is 2. The second kappa shape index (κ2) is 6.22. The van der Waals surface area contributed by atoms with Crippen LogP contribution in [-0.4, -0.2) is 9.78 Å². The number of aryl methyl sites for hydroxylation is 2. The van der Waals surface area contributed by atoms with Crippen LogP contribution in [0.1, 0.15) is 36.7 Å². The van der Waals surface area contributed by atoms with Crippen LogP contribution in [0.4, 0.5) is 0 Å². The molecule has 1 atom stereocenters. The van der Waals surface area contributed by atoms with Crippen LogP contribution in [0.3, 0.4) is 0 Å². The van der Waals surface area contributed by atoms with Crippen molar-refractivity contribution in [2.75, 3.05) is 0 Å². The van der Waals surface area contributed by atoms with Gasteiger partial charge in [0.25, 0.3) is 0 Å². The van der Waals surface area contributed by atoms with E-state index in [0.717, 1.165) is 29.2 Å². The zero-order chi connectivity index (χ0) is 13.8. The summed E-state index contributed by atoms with van der Waals surface area (Å²) in [6.07, 6.45) is 3.03. The van der Waals surface area contributed by atoms with Gasteiger partial charge in [0.15, 0.2) is 0 Å². The summed E-state index contributed by atoms with van der Waals surface area (Å²) >= 11 is 6.21. The summed E-state index contributed by atoms with van der Waals surface area (Å²) in [5, 5.41) is 8.76. The Labute approximate surface area is 119 Å². The zero-order valence-electron chi connectivity index (χ0n) is 11.7. The summed E-state index contributed by atoms with van der Waals surface area (Å²) in [6.45, 7) is 5.07. The molecule has 1 aromatic carbocycles. The van der Waals surface area contributed by atoms with Crippen LogP contribution in [0, 0.1) is 0 Å². The number of nitrogens with one attached hydrogen (secondary N) is 1. The van der Waals surface area contributed by atoms with Crippen LogP contribution in [0.2, 0.25) is 5.02 Å². The minimum atomic E-state index is 0.221. The zero-order valence-corrected chi connectivity index (χ0v) is 12.4. The molecule has 0 fully saturated rings. The molecule has 102 valence electrons. The van der Waals surface area contributed by atoms with Crippen molar-refractivity contribution in [2.24, 2.45) is 7.05 Å². The standard InChI is InChI=1S/C15H20ClN3/c1-4-15-12(10-19(3)18-15)9-17-11(2)13-7-5-6-8-14(13)16/h5-8,10-11,17H,4,9H2,1-3H3/t11-/m1/s1. The number of rotatable bonds is 5. The Bertz CT molecular complexity index is 548. The number of nitrogens with zero attached hydrogens (tertiary/aromatic N) is 2. The summed E-state index contributed by atoms with van der Waals surface area (Å²) < 4.78 is 1.87. The number of hydrogen-bond acceptors (Lipinski definition) is 2. The smallest absolute Gasteiger partial charge is 0.0666 e. The van der Waals surface area contributed by atoms with Crippen molar-refractivity contribution in [3.63, 3.8) is 0 Å². The molecule has 4 heteroatoms. The van der Waals surface area contributed by atoms with E-state index in [-0.39, 0.29) is 6.04 Å². The van der Waals surface area contributed by atoms with E-state index < -0.39 is 0 Å². The van der Waals surface area contributed by atoms with Gasteiger partial charge in [0.1, 0.15) is 0 Å². The summed E-state index contributed by atoms with van der Waals surface area (Å²) in [5.74, 6) is 0. The van der Waals surface area contributed by atoms with Gasteiger partial charge < -0.3 is 5.32 Å². The van der Waals surface area contributed by atoms with Crippen LogP contribution >= 0.6 is 11.6 Å². The molecule has 1 aromatic heterocycles. The lowest BCUT2D eigenvalue weighted by Gasteiger charge is -2.15. The third-order valence-electron chi connectivity index (χ3n) is 3.30. The summed E-state index contributed by atoms with van der Waals surface area (Å²) in [6, 6.07) is 8.18. The Morgan fingerprint density at radius 3 is 2.79 bits per heavy atom. The Morgan fingerprint density at radius 2 is 2.11 bits per heavy atom. The van der Waals surface area contributed by atoms with Gasteiger partial charge >= 0.3 is 0 Å². The normalized spacial score (nSPS) is 12.6. The van der Waals surface area contributed by atoms with Gasteiger partial charge in [0, 0.05) is 36.4 Å². The van der Waals surface area contributed by atoms with Crippen LogP contribution in [0.15, 0.2) is 30.5 Å². The average Bonchev–Trinajstić information content (AvgIpc) is 2.77. The molecule has 0 saturated carbocycles. The highest BCUT2D eigenvalue weighted by Crippen LogP contribution is 2.22. The van der Waals surface area contributed by atoms with Crippen LogP contribution < -0.4 is 5.32 Å². The molecule has 0 radical (unpaired) electrons. The molecule has 19 heavy (non-hydrogen) atoms. The van der Waals surface area contributed by atoms with E-state index in [9.17, 15) is 0 Å². The summed E-state index contributed by atoms with van der Waals surface area (Å²) in [7, 11) is 1.96. The van der Waals surface area contributed by atoms with Gasteiger partial charge in [-0.25, -0.2) is 0 Å². The predicted octanol–water partition coefficient (Wildman–Crippen LogP) is 3.49. The van der Waals surface area contributed by atoms with E-state index in [1.165, 1.54) is 5.56 Å². The molecule has 0 aliphatic heterocycles. The molecule has 0 bridgehead atoms. The minimum Gasteiger partial charge on any atom is -0.306 e. The molecule has 0 saturated heterocycles.